The fraction of sp³-hybridized carbons (Fsp3) is 0.500. The third-order valence-electron chi connectivity index (χ3n) is 5.47. The summed E-state index contributed by atoms with van der Waals surface area (Å²) in [5.41, 5.74) is 5.02. The quantitative estimate of drug-likeness (QED) is 0.693. The molecule has 3 aromatic rings. The number of rotatable bonds is 5. The largest absolute Gasteiger partial charge is 0.375 e. The van der Waals surface area contributed by atoms with Crippen molar-refractivity contribution in [1.29, 1.82) is 0 Å². The molecule has 0 bridgehead atoms. The summed E-state index contributed by atoms with van der Waals surface area (Å²) in [5, 5.41) is 13.4. The summed E-state index contributed by atoms with van der Waals surface area (Å²) in [6.07, 6.45) is 4.42. The monoisotopic (exact) mass is 367 g/mol. The first-order valence-corrected chi connectivity index (χ1v) is 9.48. The minimum Gasteiger partial charge on any atom is -0.375 e. The van der Waals surface area contributed by atoms with Crippen LogP contribution in [-0.2, 0) is 16.1 Å². The standard InChI is InChI=1S/C20H25N5O2/c1-13-8-14(2)19-15(9-13)10-16(20-21-22-23-25(19)20)11-24(18(26)12-27-3)17-6-4-5-7-17/h8-10,17H,4-7,11-12H2,1-3H3. The molecule has 0 radical (unpaired) electrons. The van der Waals surface area contributed by atoms with Gasteiger partial charge in [-0.3, -0.25) is 4.79 Å². The van der Waals surface area contributed by atoms with E-state index in [1.54, 1.807) is 11.6 Å². The van der Waals surface area contributed by atoms with Gasteiger partial charge in [-0.2, -0.15) is 4.52 Å². The molecule has 0 N–H and O–H groups in total. The molecule has 1 aliphatic rings. The van der Waals surface area contributed by atoms with Gasteiger partial charge < -0.3 is 9.64 Å². The molecule has 0 aliphatic heterocycles. The Labute approximate surface area is 158 Å². The van der Waals surface area contributed by atoms with Gasteiger partial charge in [0, 0.05) is 30.6 Å². The maximum Gasteiger partial charge on any atom is 0.249 e. The Morgan fingerprint density at radius 2 is 2.04 bits per heavy atom. The first-order valence-electron chi connectivity index (χ1n) is 9.48. The Kier molecular flexibility index (Phi) is 4.78. The van der Waals surface area contributed by atoms with Crippen LogP contribution in [0.15, 0.2) is 18.2 Å². The highest BCUT2D eigenvalue weighted by Crippen LogP contribution is 2.28. The van der Waals surface area contributed by atoms with Gasteiger partial charge in [-0.25, -0.2) is 0 Å². The molecular weight excluding hydrogens is 342 g/mol. The van der Waals surface area contributed by atoms with E-state index >= 15 is 0 Å². The number of methoxy groups -OCH3 is 1. The van der Waals surface area contributed by atoms with Crippen molar-refractivity contribution < 1.29 is 9.53 Å². The van der Waals surface area contributed by atoms with Gasteiger partial charge in [0.25, 0.3) is 0 Å². The van der Waals surface area contributed by atoms with Gasteiger partial charge in [-0.1, -0.05) is 24.5 Å². The fourth-order valence-electron chi connectivity index (χ4n) is 4.33. The van der Waals surface area contributed by atoms with Crippen molar-refractivity contribution >= 4 is 22.5 Å². The molecule has 0 unspecified atom stereocenters. The molecule has 0 saturated heterocycles. The number of fused-ring (bicyclic) bond motifs is 3. The smallest absolute Gasteiger partial charge is 0.249 e. The molecule has 142 valence electrons. The number of nitrogens with zero attached hydrogens (tertiary/aromatic N) is 5. The molecule has 2 aromatic heterocycles. The van der Waals surface area contributed by atoms with E-state index in [1.165, 1.54) is 18.4 Å². The lowest BCUT2D eigenvalue weighted by Gasteiger charge is -2.29. The van der Waals surface area contributed by atoms with E-state index in [2.05, 4.69) is 47.6 Å². The predicted octanol–water partition coefficient (Wildman–Crippen LogP) is 2.81. The van der Waals surface area contributed by atoms with Crippen LogP contribution in [0.2, 0.25) is 0 Å². The van der Waals surface area contributed by atoms with Crippen LogP contribution >= 0.6 is 0 Å². The van der Waals surface area contributed by atoms with Crippen LogP contribution < -0.4 is 0 Å². The zero-order valence-electron chi connectivity index (χ0n) is 16.1. The Bertz CT molecular complexity index is 991. The third-order valence-corrected chi connectivity index (χ3v) is 5.47. The summed E-state index contributed by atoms with van der Waals surface area (Å²) >= 11 is 0. The molecule has 0 atom stereocenters. The van der Waals surface area contributed by atoms with Crippen molar-refractivity contribution in [3.05, 3.63) is 34.9 Å². The van der Waals surface area contributed by atoms with Crippen LogP contribution in [0.25, 0.3) is 16.6 Å². The van der Waals surface area contributed by atoms with Crippen molar-refractivity contribution in [1.82, 2.24) is 24.9 Å². The van der Waals surface area contributed by atoms with Crippen molar-refractivity contribution in [3.63, 3.8) is 0 Å². The zero-order chi connectivity index (χ0) is 19.0. The van der Waals surface area contributed by atoms with Crippen LogP contribution in [0.3, 0.4) is 0 Å². The highest BCUT2D eigenvalue weighted by Gasteiger charge is 2.28. The van der Waals surface area contributed by atoms with Crippen LogP contribution in [0, 0.1) is 13.8 Å². The van der Waals surface area contributed by atoms with Gasteiger partial charge in [-0.15, -0.1) is 5.10 Å². The summed E-state index contributed by atoms with van der Waals surface area (Å²) in [6.45, 7) is 4.76. The highest BCUT2D eigenvalue weighted by atomic mass is 16.5. The van der Waals surface area contributed by atoms with E-state index in [0.717, 1.165) is 34.9 Å². The lowest BCUT2D eigenvalue weighted by atomic mass is 10.0. The first kappa shape index (κ1) is 17.9. The summed E-state index contributed by atoms with van der Waals surface area (Å²) in [7, 11) is 1.56. The van der Waals surface area contributed by atoms with Gasteiger partial charge in [0.2, 0.25) is 5.91 Å². The number of ether oxygens (including phenoxy) is 1. The number of aryl methyl sites for hydroxylation is 2. The molecule has 7 nitrogen and oxygen atoms in total. The topological polar surface area (TPSA) is 72.6 Å². The zero-order valence-corrected chi connectivity index (χ0v) is 16.1. The van der Waals surface area contributed by atoms with Crippen molar-refractivity contribution in [2.24, 2.45) is 0 Å². The lowest BCUT2D eigenvalue weighted by Crippen LogP contribution is -2.40. The molecule has 27 heavy (non-hydrogen) atoms. The second-order valence-corrected chi connectivity index (χ2v) is 7.50. The van der Waals surface area contributed by atoms with Crippen LogP contribution in [-0.4, -0.2) is 50.6 Å². The van der Waals surface area contributed by atoms with Crippen molar-refractivity contribution in [2.75, 3.05) is 13.7 Å². The van der Waals surface area contributed by atoms with E-state index < -0.39 is 0 Å². The lowest BCUT2D eigenvalue weighted by molar-refractivity contribution is -0.138. The van der Waals surface area contributed by atoms with Gasteiger partial charge in [0.15, 0.2) is 5.65 Å². The molecule has 1 aliphatic carbocycles. The van der Waals surface area contributed by atoms with E-state index in [9.17, 15) is 4.79 Å². The van der Waals surface area contributed by atoms with Crippen LogP contribution in [0.4, 0.5) is 0 Å². The second-order valence-electron chi connectivity index (χ2n) is 7.50. The van der Waals surface area contributed by atoms with Gasteiger partial charge in [-0.05, 0) is 54.8 Å². The maximum atomic E-state index is 12.7. The normalized spacial score (nSPS) is 15.1. The van der Waals surface area contributed by atoms with Gasteiger partial charge in [0.1, 0.15) is 6.61 Å². The van der Waals surface area contributed by atoms with E-state index in [0.29, 0.717) is 12.2 Å². The number of tetrazole rings is 1. The Morgan fingerprint density at radius 1 is 1.26 bits per heavy atom. The molecule has 2 heterocycles. The molecular formula is C20H25N5O2. The number of hydrogen-bond donors (Lipinski definition) is 0. The van der Waals surface area contributed by atoms with E-state index in [1.807, 2.05) is 4.90 Å². The van der Waals surface area contributed by atoms with Gasteiger partial charge in [0.05, 0.1) is 5.52 Å². The predicted molar refractivity (Wildman–Crippen MR) is 102 cm³/mol. The molecule has 1 amide bonds. The Balaban J connectivity index is 1.81. The highest BCUT2D eigenvalue weighted by molar-refractivity contribution is 5.86. The molecule has 4 rings (SSSR count). The first-order chi connectivity index (χ1) is 13.1. The third kappa shape index (κ3) is 3.27. The average molecular weight is 367 g/mol. The molecule has 1 aromatic carbocycles. The fourth-order valence-corrected chi connectivity index (χ4v) is 4.33. The Hall–Kier alpha value is -2.54. The summed E-state index contributed by atoms with van der Waals surface area (Å²) < 4.78 is 6.92. The number of benzene rings is 1. The van der Waals surface area contributed by atoms with Crippen molar-refractivity contribution in [2.45, 2.75) is 52.1 Å². The summed E-state index contributed by atoms with van der Waals surface area (Å²) in [6, 6.07) is 6.67. The van der Waals surface area contributed by atoms with E-state index in [-0.39, 0.29) is 18.6 Å². The number of carbonyl (C=O) groups is 1. The van der Waals surface area contributed by atoms with Crippen molar-refractivity contribution in [3.8, 4) is 0 Å². The molecule has 7 heteroatoms. The number of pyridine rings is 1. The number of amides is 1. The molecule has 0 spiro atoms. The second kappa shape index (κ2) is 7.23. The van der Waals surface area contributed by atoms with Crippen LogP contribution in [0.5, 0.6) is 0 Å². The number of hydrogen-bond acceptors (Lipinski definition) is 5. The molecule has 1 fully saturated rings. The average Bonchev–Trinajstić information content (AvgIpc) is 3.30. The SMILES string of the molecule is COCC(=O)N(Cc1cc2cc(C)cc(C)c2n2nnnc12)C1CCCC1. The summed E-state index contributed by atoms with van der Waals surface area (Å²) in [4.78, 5) is 14.7. The minimum atomic E-state index is 0.0237. The minimum absolute atomic E-state index is 0.0237. The molecule has 1 saturated carbocycles. The van der Waals surface area contributed by atoms with E-state index in [4.69, 9.17) is 4.74 Å². The Morgan fingerprint density at radius 3 is 2.78 bits per heavy atom. The van der Waals surface area contributed by atoms with Crippen LogP contribution in [0.1, 0.15) is 42.4 Å². The number of carbonyl (C=O) groups excluding carboxylic acids is 1. The van der Waals surface area contributed by atoms with Gasteiger partial charge >= 0.3 is 0 Å². The summed E-state index contributed by atoms with van der Waals surface area (Å²) in [5.74, 6) is 0.0237. The number of aromatic nitrogens is 4. The maximum absolute atomic E-state index is 12.7.